The summed E-state index contributed by atoms with van der Waals surface area (Å²) in [7, 11) is 0. The first-order valence-electron chi connectivity index (χ1n) is 8.89. The number of unbranched alkanes of at least 4 members (excludes halogenated alkanes) is 8. The Kier molecular flexibility index (Phi) is 11.9. The zero-order valence-corrected chi connectivity index (χ0v) is 14.3. The molecule has 0 aliphatic rings. The van der Waals surface area contributed by atoms with Gasteiger partial charge in [-0.2, -0.15) is 0 Å². The molecule has 0 spiro atoms. The van der Waals surface area contributed by atoms with Crippen LogP contribution < -0.4 is 10.2 Å². The van der Waals surface area contributed by atoms with Gasteiger partial charge in [0.05, 0.1) is 0 Å². The molecule has 0 radical (unpaired) electrons. The van der Waals surface area contributed by atoms with E-state index in [4.69, 9.17) is 0 Å². The van der Waals surface area contributed by atoms with Crippen LogP contribution in [0.5, 0.6) is 0 Å². The number of aliphatic carboxylic acids is 2. The smallest absolute Gasteiger partial charge is 0.0479 e. The van der Waals surface area contributed by atoms with Crippen molar-refractivity contribution in [3.05, 3.63) is 0 Å². The first-order valence-corrected chi connectivity index (χ1v) is 8.89. The van der Waals surface area contributed by atoms with E-state index < -0.39 is 23.8 Å². The van der Waals surface area contributed by atoms with Gasteiger partial charge in [-0.25, -0.2) is 0 Å². The Balaban J connectivity index is 4.49. The van der Waals surface area contributed by atoms with Crippen molar-refractivity contribution in [2.75, 3.05) is 0 Å². The monoisotopic (exact) mass is 312 g/mol. The lowest BCUT2D eigenvalue weighted by Gasteiger charge is -2.35. The third-order valence-electron chi connectivity index (χ3n) is 4.43. The van der Waals surface area contributed by atoms with Crippen LogP contribution in [0.4, 0.5) is 0 Å². The van der Waals surface area contributed by atoms with E-state index in [1.165, 1.54) is 0 Å². The summed E-state index contributed by atoms with van der Waals surface area (Å²) in [5, 5.41) is 22.6. The van der Waals surface area contributed by atoms with Gasteiger partial charge in [-0.15, -0.1) is 0 Å². The van der Waals surface area contributed by atoms with Crippen molar-refractivity contribution in [2.45, 2.75) is 97.3 Å². The van der Waals surface area contributed by atoms with Crippen molar-refractivity contribution < 1.29 is 19.8 Å². The fourth-order valence-corrected chi connectivity index (χ4v) is 2.99. The molecular weight excluding hydrogens is 280 g/mol. The first kappa shape index (κ1) is 20.9. The van der Waals surface area contributed by atoms with Crippen LogP contribution >= 0.6 is 0 Å². The van der Waals surface area contributed by atoms with Crippen molar-refractivity contribution in [1.82, 2.24) is 0 Å². The second-order valence-corrected chi connectivity index (χ2v) is 6.44. The summed E-state index contributed by atoms with van der Waals surface area (Å²) in [6.07, 6.45) is 10.4. The predicted molar refractivity (Wildman–Crippen MR) is 83.8 cm³/mol. The van der Waals surface area contributed by atoms with E-state index in [0.717, 1.165) is 64.2 Å². The summed E-state index contributed by atoms with van der Waals surface area (Å²) >= 11 is 0. The zero-order chi connectivity index (χ0) is 16.8. The number of carbonyl (C=O) groups excluding carboxylic acids is 2. The fourth-order valence-electron chi connectivity index (χ4n) is 2.99. The minimum absolute atomic E-state index is 0.390. The van der Waals surface area contributed by atoms with Crippen molar-refractivity contribution in [1.29, 1.82) is 0 Å². The Morgan fingerprint density at radius 2 is 1.14 bits per heavy atom. The van der Waals surface area contributed by atoms with Gasteiger partial charge in [0, 0.05) is 17.4 Å². The molecule has 0 N–H and O–H groups in total. The van der Waals surface area contributed by atoms with Crippen LogP contribution in [0.25, 0.3) is 0 Å². The molecule has 130 valence electrons. The molecule has 0 fully saturated rings. The predicted octanol–water partition coefficient (Wildman–Crippen LogP) is 2.58. The summed E-state index contributed by atoms with van der Waals surface area (Å²) in [4.78, 5) is 22.6. The average Bonchev–Trinajstić information content (AvgIpc) is 2.45. The van der Waals surface area contributed by atoms with Gasteiger partial charge in [-0.05, 0) is 19.3 Å². The van der Waals surface area contributed by atoms with Crippen LogP contribution in [0.2, 0.25) is 0 Å². The van der Waals surface area contributed by atoms with E-state index in [1.54, 1.807) is 0 Å². The molecule has 0 saturated heterocycles. The first-order chi connectivity index (χ1) is 10.5. The molecule has 22 heavy (non-hydrogen) atoms. The zero-order valence-electron chi connectivity index (χ0n) is 14.3. The van der Waals surface area contributed by atoms with Gasteiger partial charge in [-0.3, -0.25) is 0 Å². The third-order valence-corrected chi connectivity index (χ3v) is 4.43. The van der Waals surface area contributed by atoms with Gasteiger partial charge in [0.1, 0.15) is 0 Å². The molecule has 0 aliphatic carbocycles. The molecule has 0 bridgehead atoms. The highest BCUT2D eigenvalue weighted by Gasteiger charge is 2.31. The summed E-state index contributed by atoms with van der Waals surface area (Å²) in [6.45, 7) is 4.25. The highest BCUT2D eigenvalue weighted by atomic mass is 16.4. The SMILES string of the molecule is CCCCCCCC(CCCCCCC)(CC(=O)[O-])C(=O)[O-]. The van der Waals surface area contributed by atoms with Crippen LogP contribution in [-0.4, -0.2) is 11.9 Å². The van der Waals surface area contributed by atoms with Crippen molar-refractivity contribution in [3.8, 4) is 0 Å². The maximum Gasteiger partial charge on any atom is 0.0479 e. The number of carboxylic acids is 2. The quantitative estimate of drug-likeness (QED) is 0.435. The number of hydrogen-bond acceptors (Lipinski definition) is 4. The van der Waals surface area contributed by atoms with Gasteiger partial charge in [0.25, 0.3) is 0 Å². The molecule has 0 aromatic rings. The van der Waals surface area contributed by atoms with Gasteiger partial charge in [0.15, 0.2) is 0 Å². The van der Waals surface area contributed by atoms with Crippen molar-refractivity contribution in [3.63, 3.8) is 0 Å². The molecule has 0 saturated carbocycles. The number of hydrogen-bond donors (Lipinski definition) is 0. The van der Waals surface area contributed by atoms with E-state index in [9.17, 15) is 19.8 Å². The molecule has 0 aliphatic heterocycles. The minimum atomic E-state index is -1.29. The normalized spacial score (nSPS) is 11.5. The molecule has 0 atom stereocenters. The Labute approximate surface area is 135 Å². The second kappa shape index (κ2) is 12.5. The Hall–Kier alpha value is -1.06. The molecule has 0 amide bonds. The largest absolute Gasteiger partial charge is 0.550 e. The van der Waals surface area contributed by atoms with Crippen LogP contribution in [0.3, 0.4) is 0 Å². The average molecular weight is 312 g/mol. The van der Waals surface area contributed by atoms with E-state index in [2.05, 4.69) is 13.8 Å². The topological polar surface area (TPSA) is 80.3 Å². The lowest BCUT2D eigenvalue weighted by molar-refractivity contribution is -0.329. The van der Waals surface area contributed by atoms with E-state index in [0.29, 0.717) is 12.8 Å². The van der Waals surface area contributed by atoms with Gasteiger partial charge in [-0.1, -0.05) is 78.1 Å². The van der Waals surface area contributed by atoms with E-state index >= 15 is 0 Å². The number of carbonyl (C=O) groups is 2. The molecular formula is C18H32O4-2. The van der Waals surface area contributed by atoms with Crippen molar-refractivity contribution in [2.24, 2.45) is 5.41 Å². The highest BCUT2D eigenvalue weighted by Crippen LogP contribution is 2.35. The molecule has 4 heteroatoms. The lowest BCUT2D eigenvalue weighted by Crippen LogP contribution is -2.46. The lowest BCUT2D eigenvalue weighted by atomic mass is 9.75. The fraction of sp³-hybridized carbons (Fsp3) is 0.889. The molecule has 0 rings (SSSR count). The summed E-state index contributed by atoms with van der Waals surface area (Å²) in [6, 6.07) is 0. The van der Waals surface area contributed by atoms with Gasteiger partial charge < -0.3 is 19.8 Å². The maximum atomic E-state index is 11.6. The Morgan fingerprint density at radius 3 is 1.45 bits per heavy atom. The molecule has 4 nitrogen and oxygen atoms in total. The summed E-state index contributed by atoms with van der Waals surface area (Å²) < 4.78 is 0. The Bertz CT molecular complexity index is 298. The third kappa shape index (κ3) is 9.06. The van der Waals surface area contributed by atoms with Crippen LogP contribution in [0, 0.1) is 5.41 Å². The molecule has 0 unspecified atom stereocenters. The highest BCUT2D eigenvalue weighted by molar-refractivity contribution is 5.79. The minimum Gasteiger partial charge on any atom is -0.550 e. The standard InChI is InChI=1S/C18H34O4/c1-3-5-7-9-11-13-18(17(21)22,15-16(19)20)14-12-10-8-6-4-2/h3-15H2,1-2H3,(H,19,20)(H,21,22)/p-2. The molecule has 0 aromatic heterocycles. The van der Waals surface area contributed by atoms with E-state index in [-0.39, 0.29) is 0 Å². The van der Waals surface area contributed by atoms with Crippen LogP contribution in [0.1, 0.15) is 97.3 Å². The number of carboxylic acid groups (broad SMARTS) is 2. The van der Waals surface area contributed by atoms with Gasteiger partial charge in [0.2, 0.25) is 0 Å². The maximum absolute atomic E-state index is 11.6. The van der Waals surface area contributed by atoms with Crippen LogP contribution in [0.15, 0.2) is 0 Å². The summed E-state index contributed by atoms with van der Waals surface area (Å²) in [5.74, 6) is -2.51. The van der Waals surface area contributed by atoms with Crippen molar-refractivity contribution >= 4 is 11.9 Å². The second-order valence-electron chi connectivity index (χ2n) is 6.44. The molecule has 0 heterocycles. The number of rotatable bonds is 15. The van der Waals surface area contributed by atoms with Gasteiger partial charge >= 0.3 is 0 Å². The van der Waals surface area contributed by atoms with Crippen LogP contribution in [-0.2, 0) is 9.59 Å². The molecule has 0 aromatic carbocycles. The van der Waals surface area contributed by atoms with E-state index in [1.807, 2.05) is 0 Å². The summed E-state index contributed by atoms with van der Waals surface area (Å²) in [5.41, 5.74) is -1.24. The Morgan fingerprint density at radius 1 is 0.727 bits per heavy atom.